The largest absolute Gasteiger partial charge is 0.496 e. The summed E-state index contributed by atoms with van der Waals surface area (Å²) in [5, 5.41) is 1.69. The molecule has 0 spiro atoms. The molecule has 0 bridgehead atoms. The molecule has 0 aliphatic rings. The zero-order chi connectivity index (χ0) is 22.0. The van der Waals surface area contributed by atoms with Gasteiger partial charge in [-0.1, -0.05) is 0 Å². The first-order valence-corrected chi connectivity index (χ1v) is 9.76. The van der Waals surface area contributed by atoms with Crippen molar-refractivity contribution in [2.24, 2.45) is 0 Å². The van der Waals surface area contributed by atoms with Crippen LogP contribution in [-0.2, 0) is 0 Å². The smallest absolute Gasteiger partial charge is 0.344 e. The van der Waals surface area contributed by atoms with Crippen molar-refractivity contribution in [2.45, 2.75) is 20.8 Å². The summed E-state index contributed by atoms with van der Waals surface area (Å²) in [5.41, 5.74) is 2.97. The molecule has 0 radical (unpaired) electrons. The number of aryl methyl sites for hydroxylation is 1. The molecule has 0 aliphatic heterocycles. The van der Waals surface area contributed by atoms with Crippen LogP contribution in [0.1, 0.15) is 28.4 Å². The number of rotatable bonds is 3. The lowest BCUT2D eigenvalue weighted by molar-refractivity contribution is 0.101. The Morgan fingerprint density at radius 1 is 0.806 bits per heavy atom. The summed E-state index contributed by atoms with van der Waals surface area (Å²) in [6.07, 6.45) is 0. The van der Waals surface area contributed by atoms with E-state index >= 15 is 0 Å². The minimum atomic E-state index is -0.539. The van der Waals surface area contributed by atoms with Crippen LogP contribution >= 0.6 is 0 Å². The molecule has 6 nitrogen and oxygen atoms in total. The van der Waals surface area contributed by atoms with Crippen LogP contribution < -0.4 is 16.0 Å². The normalized spacial score (nSPS) is 11.6. The maximum Gasteiger partial charge on any atom is 0.344 e. The molecule has 0 N–H and O–H groups in total. The number of ketones is 1. The summed E-state index contributed by atoms with van der Waals surface area (Å²) in [6.45, 7) is 5.13. The standard InChI is InChI=1S/C25H18O6/c1-11-5-20-23-21(6-11)31-25(28)18-9-14(8-17(22(18)23)24(27)30-20)15-7-16(13(3)26)12(2)19(10-15)29-4/h5-10H,1-4H3. The quantitative estimate of drug-likeness (QED) is 0.235. The predicted molar refractivity (Wildman–Crippen MR) is 119 cm³/mol. The summed E-state index contributed by atoms with van der Waals surface area (Å²) in [5.74, 6) is 0.437. The van der Waals surface area contributed by atoms with Crippen molar-refractivity contribution in [3.8, 4) is 16.9 Å². The third-order valence-corrected chi connectivity index (χ3v) is 5.74. The maximum absolute atomic E-state index is 12.8. The monoisotopic (exact) mass is 414 g/mol. The molecule has 5 rings (SSSR count). The first-order valence-electron chi connectivity index (χ1n) is 9.76. The number of methoxy groups -OCH3 is 1. The van der Waals surface area contributed by atoms with E-state index in [1.54, 1.807) is 36.4 Å². The van der Waals surface area contributed by atoms with E-state index in [9.17, 15) is 14.4 Å². The summed E-state index contributed by atoms with van der Waals surface area (Å²) in [7, 11) is 1.53. The Morgan fingerprint density at radius 2 is 1.35 bits per heavy atom. The van der Waals surface area contributed by atoms with Gasteiger partial charge in [0, 0.05) is 16.5 Å². The highest BCUT2D eigenvalue weighted by Crippen LogP contribution is 2.36. The van der Waals surface area contributed by atoms with Crippen LogP contribution in [0.4, 0.5) is 0 Å². The van der Waals surface area contributed by atoms with Gasteiger partial charge < -0.3 is 13.6 Å². The zero-order valence-corrected chi connectivity index (χ0v) is 17.4. The summed E-state index contributed by atoms with van der Waals surface area (Å²) < 4.78 is 16.5. The van der Waals surface area contributed by atoms with E-state index in [1.807, 2.05) is 13.8 Å². The molecular formula is C25H18O6. The topological polar surface area (TPSA) is 86.7 Å². The third kappa shape index (κ3) is 2.75. The molecular weight excluding hydrogens is 396 g/mol. The van der Waals surface area contributed by atoms with Crippen molar-refractivity contribution in [3.05, 3.63) is 73.9 Å². The average Bonchev–Trinajstić information content (AvgIpc) is 2.72. The summed E-state index contributed by atoms with van der Waals surface area (Å²) in [4.78, 5) is 37.8. The van der Waals surface area contributed by atoms with E-state index in [4.69, 9.17) is 13.6 Å². The number of benzene rings is 3. The first-order chi connectivity index (χ1) is 14.8. The van der Waals surface area contributed by atoms with E-state index in [0.717, 1.165) is 11.1 Å². The molecule has 31 heavy (non-hydrogen) atoms. The van der Waals surface area contributed by atoms with E-state index in [2.05, 4.69) is 0 Å². The molecule has 0 unspecified atom stereocenters. The highest BCUT2D eigenvalue weighted by Gasteiger charge is 2.20. The van der Waals surface area contributed by atoms with Crippen molar-refractivity contribution in [1.82, 2.24) is 0 Å². The second-order valence-corrected chi connectivity index (χ2v) is 7.77. The minimum absolute atomic E-state index is 0.107. The zero-order valence-electron chi connectivity index (χ0n) is 17.4. The van der Waals surface area contributed by atoms with Crippen LogP contribution in [-0.4, -0.2) is 12.9 Å². The average molecular weight is 414 g/mol. The molecule has 0 amide bonds. The van der Waals surface area contributed by atoms with Crippen LogP contribution in [0.5, 0.6) is 5.75 Å². The Morgan fingerprint density at radius 3 is 1.87 bits per heavy atom. The van der Waals surface area contributed by atoms with Gasteiger partial charge in [-0.3, -0.25) is 4.79 Å². The number of hydrogen-bond donors (Lipinski definition) is 0. The van der Waals surface area contributed by atoms with Crippen molar-refractivity contribution in [3.63, 3.8) is 0 Å². The second-order valence-electron chi connectivity index (χ2n) is 7.77. The van der Waals surface area contributed by atoms with Gasteiger partial charge >= 0.3 is 11.3 Å². The van der Waals surface area contributed by atoms with Crippen LogP contribution in [0.25, 0.3) is 43.8 Å². The van der Waals surface area contributed by atoms with Crippen LogP contribution in [0, 0.1) is 13.8 Å². The van der Waals surface area contributed by atoms with Crippen molar-refractivity contribution in [2.75, 3.05) is 7.11 Å². The lowest BCUT2D eigenvalue weighted by Crippen LogP contribution is -2.07. The predicted octanol–water partition coefficient (Wildman–Crippen LogP) is 4.99. The van der Waals surface area contributed by atoms with Gasteiger partial charge in [0.2, 0.25) is 0 Å². The third-order valence-electron chi connectivity index (χ3n) is 5.74. The van der Waals surface area contributed by atoms with E-state index < -0.39 is 11.3 Å². The summed E-state index contributed by atoms with van der Waals surface area (Å²) >= 11 is 0. The molecule has 154 valence electrons. The van der Waals surface area contributed by atoms with Gasteiger partial charge in [0.25, 0.3) is 0 Å². The van der Waals surface area contributed by atoms with Crippen LogP contribution in [0.2, 0.25) is 0 Å². The van der Waals surface area contributed by atoms with E-state index in [0.29, 0.717) is 44.4 Å². The Labute approximate surface area is 176 Å². The minimum Gasteiger partial charge on any atom is -0.496 e. The lowest BCUT2D eigenvalue weighted by Gasteiger charge is -2.14. The molecule has 0 atom stereocenters. The highest BCUT2D eigenvalue weighted by molar-refractivity contribution is 6.20. The number of carbonyl (C=O) groups is 1. The number of hydrogen-bond acceptors (Lipinski definition) is 6. The Kier molecular flexibility index (Phi) is 4.02. The molecule has 0 fully saturated rings. The fourth-order valence-electron chi connectivity index (χ4n) is 4.27. The molecule has 0 saturated heterocycles. The lowest BCUT2D eigenvalue weighted by atomic mass is 9.93. The van der Waals surface area contributed by atoms with Crippen molar-refractivity contribution < 1.29 is 18.4 Å². The van der Waals surface area contributed by atoms with E-state index in [1.165, 1.54) is 14.0 Å². The van der Waals surface area contributed by atoms with Crippen LogP contribution in [0.15, 0.2) is 54.8 Å². The number of carbonyl (C=O) groups excluding carboxylic acids is 1. The van der Waals surface area contributed by atoms with Gasteiger partial charge in [-0.05, 0) is 73.9 Å². The van der Waals surface area contributed by atoms with Gasteiger partial charge in [-0.2, -0.15) is 0 Å². The Balaban J connectivity index is 1.93. The van der Waals surface area contributed by atoms with Gasteiger partial charge in [-0.15, -0.1) is 0 Å². The molecule has 5 aromatic rings. The van der Waals surface area contributed by atoms with Crippen LogP contribution in [0.3, 0.4) is 0 Å². The maximum atomic E-state index is 12.8. The SMILES string of the molecule is COc1cc(-c2cc3c(=O)oc4cc(C)cc5oc(=O)c(c2)c3c45)cc(C(C)=O)c1C. The van der Waals surface area contributed by atoms with Gasteiger partial charge in [0.05, 0.1) is 23.3 Å². The van der Waals surface area contributed by atoms with E-state index in [-0.39, 0.29) is 16.6 Å². The molecule has 6 heteroatoms. The van der Waals surface area contributed by atoms with Gasteiger partial charge in [-0.25, -0.2) is 9.59 Å². The molecule has 0 saturated carbocycles. The van der Waals surface area contributed by atoms with Gasteiger partial charge in [0.1, 0.15) is 16.9 Å². The summed E-state index contributed by atoms with van der Waals surface area (Å²) in [6, 6.07) is 10.4. The number of Topliss-reactive ketones (excluding diaryl/α,β-unsaturated/α-hetero) is 1. The first kappa shape index (κ1) is 19.1. The molecule has 2 aromatic heterocycles. The Hall–Kier alpha value is -3.93. The number of ether oxygens (including phenoxy) is 1. The fourth-order valence-corrected chi connectivity index (χ4v) is 4.27. The highest BCUT2D eigenvalue weighted by atomic mass is 16.5. The molecule has 2 heterocycles. The molecule has 0 aliphatic carbocycles. The Bertz CT molecular complexity index is 1570. The van der Waals surface area contributed by atoms with Crippen molar-refractivity contribution in [1.29, 1.82) is 0 Å². The fraction of sp³-hybridized carbons (Fsp3) is 0.160. The van der Waals surface area contributed by atoms with Gasteiger partial charge in [0.15, 0.2) is 5.78 Å². The second kappa shape index (κ2) is 6.54. The molecule has 3 aromatic carbocycles. The van der Waals surface area contributed by atoms with Crippen molar-refractivity contribution >= 4 is 38.5 Å².